The summed E-state index contributed by atoms with van der Waals surface area (Å²) in [6, 6.07) is 4.40. The lowest BCUT2D eigenvalue weighted by molar-refractivity contribution is -0.138. The van der Waals surface area contributed by atoms with Crippen molar-refractivity contribution in [3.05, 3.63) is 35.8 Å². The number of H-pyrrole nitrogens is 1. The zero-order chi connectivity index (χ0) is 15.4. The third-order valence-corrected chi connectivity index (χ3v) is 3.38. The van der Waals surface area contributed by atoms with E-state index in [1.54, 1.807) is 19.3 Å². The van der Waals surface area contributed by atoms with Gasteiger partial charge in [-0.25, -0.2) is 4.39 Å². The third-order valence-electron chi connectivity index (χ3n) is 3.38. The molecule has 112 valence electrons. The summed E-state index contributed by atoms with van der Waals surface area (Å²) in [4.78, 5) is 27.0. The number of likely N-dealkylation sites (N-methyl/N-ethyl adjacent to an activating group) is 1. The molecule has 0 saturated heterocycles. The Kier molecular flexibility index (Phi) is 4.57. The number of carbonyl (C=O) groups is 2. The van der Waals surface area contributed by atoms with Gasteiger partial charge in [-0.2, -0.15) is 0 Å². The molecule has 5 nitrogen and oxygen atoms in total. The molecule has 6 heteroatoms. The zero-order valence-corrected chi connectivity index (χ0v) is 11.7. The zero-order valence-electron chi connectivity index (χ0n) is 11.7. The van der Waals surface area contributed by atoms with Crippen molar-refractivity contribution in [1.82, 2.24) is 9.88 Å². The van der Waals surface area contributed by atoms with Crippen LogP contribution in [0.5, 0.6) is 0 Å². The van der Waals surface area contributed by atoms with Crippen LogP contribution < -0.4 is 0 Å². The summed E-state index contributed by atoms with van der Waals surface area (Å²) >= 11 is 0. The second-order valence-electron chi connectivity index (χ2n) is 4.99. The fraction of sp³-hybridized carbons (Fsp3) is 0.333. The van der Waals surface area contributed by atoms with E-state index in [9.17, 15) is 14.0 Å². The Bertz CT molecular complexity index is 666. The summed E-state index contributed by atoms with van der Waals surface area (Å²) in [5.74, 6) is -1.33. The second-order valence-corrected chi connectivity index (χ2v) is 4.99. The molecule has 0 aliphatic heterocycles. The lowest BCUT2D eigenvalue weighted by Crippen LogP contribution is -2.29. The molecule has 0 aliphatic rings. The van der Waals surface area contributed by atoms with E-state index in [1.165, 1.54) is 17.0 Å². The summed E-state index contributed by atoms with van der Waals surface area (Å²) in [6.07, 6.45) is 2.32. The highest BCUT2D eigenvalue weighted by Gasteiger charge is 2.13. The van der Waals surface area contributed by atoms with Crippen LogP contribution in [0.3, 0.4) is 0 Å². The summed E-state index contributed by atoms with van der Waals surface area (Å²) in [6.45, 7) is 0.391. The molecule has 0 fully saturated rings. The number of rotatable bonds is 6. The Hall–Kier alpha value is -2.37. The first-order valence-electron chi connectivity index (χ1n) is 6.68. The van der Waals surface area contributed by atoms with Crippen LogP contribution in [-0.4, -0.2) is 40.5 Å². The molecule has 1 amide bonds. The standard InChI is InChI=1S/C15H17FN2O3/c1-18(6-2-3-15(20)21)14(19)7-10-9-17-13-5-4-11(16)8-12(10)13/h4-5,8-9,17H,2-3,6-7H2,1H3,(H,20,21). The minimum Gasteiger partial charge on any atom is -0.481 e. The molecule has 0 bridgehead atoms. The smallest absolute Gasteiger partial charge is 0.303 e. The van der Waals surface area contributed by atoms with Gasteiger partial charge >= 0.3 is 5.97 Å². The number of carbonyl (C=O) groups excluding carboxylic acids is 1. The van der Waals surface area contributed by atoms with E-state index in [2.05, 4.69) is 4.98 Å². The molecule has 0 unspecified atom stereocenters. The highest BCUT2D eigenvalue weighted by Crippen LogP contribution is 2.20. The van der Waals surface area contributed by atoms with Crippen molar-refractivity contribution < 1.29 is 19.1 Å². The number of aromatic amines is 1. The van der Waals surface area contributed by atoms with Crippen LogP contribution in [0.2, 0.25) is 0 Å². The minimum atomic E-state index is -0.872. The molecule has 0 saturated carbocycles. The molecule has 2 aromatic rings. The molecule has 2 rings (SSSR count). The van der Waals surface area contributed by atoms with Crippen molar-refractivity contribution >= 4 is 22.8 Å². The second kappa shape index (κ2) is 6.39. The molecule has 21 heavy (non-hydrogen) atoms. The summed E-state index contributed by atoms with van der Waals surface area (Å²) in [7, 11) is 1.64. The lowest BCUT2D eigenvalue weighted by Gasteiger charge is -2.16. The first-order valence-corrected chi connectivity index (χ1v) is 6.68. The maximum absolute atomic E-state index is 13.3. The SMILES string of the molecule is CN(CCCC(=O)O)C(=O)Cc1c[nH]c2ccc(F)cc12. The van der Waals surface area contributed by atoms with Gasteiger partial charge in [0.2, 0.25) is 5.91 Å². The lowest BCUT2D eigenvalue weighted by atomic mass is 10.1. The number of amides is 1. The first kappa shape index (κ1) is 15.0. The number of hydrogen-bond donors (Lipinski definition) is 2. The number of aromatic nitrogens is 1. The van der Waals surface area contributed by atoms with E-state index >= 15 is 0 Å². The van der Waals surface area contributed by atoms with E-state index in [0.717, 1.165) is 11.1 Å². The van der Waals surface area contributed by atoms with Gasteiger partial charge in [0.1, 0.15) is 5.82 Å². The maximum Gasteiger partial charge on any atom is 0.303 e. The maximum atomic E-state index is 13.3. The molecule has 0 spiro atoms. The van der Waals surface area contributed by atoms with Crippen LogP contribution in [0, 0.1) is 5.82 Å². The van der Waals surface area contributed by atoms with Crippen molar-refractivity contribution in [1.29, 1.82) is 0 Å². The van der Waals surface area contributed by atoms with Crippen LogP contribution in [-0.2, 0) is 16.0 Å². The number of nitrogens with one attached hydrogen (secondary N) is 1. The van der Waals surface area contributed by atoms with E-state index < -0.39 is 5.97 Å². The average molecular weight is 292 g/mol. The molecule has 0 atom stereocenters. The number of aliphatic carboxylic acids is 1. The van der Waals surface area contributed by atoms with Crippen molar-refractivity contribution in [2.24, 2.45) is 0 Å². The predicted molar refractivity (Wildman–Crippen MR) is 76.5 cm³/mol. The van der Waals surface area contributed by atoms with Crippen LogP contribution >= 0.6 is 0 Å². The van der Waals surface area contributed by atoms with Crippen LogP contribution in [0.15, 0.2) is 24.4 Å². The van der Waals surface area contributed by atoms with Gasteiger partial charge in [-0.1, -0.05) is 0 Å². The Balaban J connectivity index is 2.00. The Labute approximate surface area is 121 Å². The van der Waals surface area contributed by atoms with Gasteiger partial charge < -0.3 is 15.0 Å². The Morgan fingerprint density at radius 1 is 1.38 bits per heavy atom. The van der Waals surface area contributed by atoms with Gasteiger partial charge in [-0.3, -0.25) is 9.59 Å². The molecule has 1 aromatic carbocycles. The molecular formula is C15H17FN2O3. The average Bonchev–Trinajstić information content (AvgIpc) is 2.80. The van der Waals surface area contributed by atoms with E-state index in [1.807, 2.05) is 0 Å². The number of carboxylic acid groups (broad SMARTS) is 1. The van der Waals surface area contributed by atoms with Crippen molar-refractivity contribution in [2.45, 2.75) is 19.3 Å². The number of benzene rings is 1. The van der Waals surface area contributed by atoms with E-state index in [-0.39, 0.29) is 24.6 Å². The third kappa shape index (κ3) is 3.81. The van der Waals surface area contributed by atoms with Crippen molar-refractivity contribution in [3.63, 3.8) is 0 Å². The highest BCUT2D eigenvalue weighted by atomic mass is 19.1. The Morgan fingerprint density at radius 3 is 2.86 bits per heavy atom. The van der Waals surface area contributed by atoms with Crippen LogP contribution in [0.1, 0.15) is 18.4 Å². The molecule has 0 radical (unpaired) electrons. The van der Waals surface area contributed by atoms with Gasteiger partial charge in [0.05, 0.1) is 6.42 Å². The fourth-order valence-electron chi connectivity index (χ4n) is 2.19. The Morgan fingerprint density at radius 2 is 2.14 bits per heavy atom. The topological polar surface area (TPSA) is 73.4 Å². The quantitative estimate of drug-likeness (QED) is 0.857. The van der Waals surface area contributed by atoms with Crippen LogP contribution in [0.25, 0.3) is 10.9 Å². The molecular weight excluding hydrogens is 275 g/mol. The summed E-state index contributed by atoms with van der Waals surface area (Å²) < 4.78 is 13.3. The number of hydrogen-bond acceptors (Lipinski definition) is 2. The molecule has 1 aromatic heterocycles. The van der Waals surface area contributed by atoms with Gasteiger partial charge in [0.25, 0.3) is 0 Å². The summed E-state index contributed by atoms with van der Waals surface area (Å²) in [5.41, 5.74) is 1.52. The summed E-state index contributed by atoms with van der Waals surface area (Å²) in [5, 5.41) is 9.27. The van der Waals surface area contributed by atoms with Crippen LogP contribution in [0.4, 0.5) is 4.39 Å². The first-order chi connectivity index (χ1) is 9.97. The predicted octanol–water partition coefficient (Wildman–Crippen LogP) is 2.17. The largest absolute Gasteiger partial charge is 0.481 e. The number of nitrogens with zero attached hydrogens (tertiary/aromatic N) is 1. The number of halogens is 1. The molecule has 2 N–H and O–H groups in total. The van der Waals surface area contributed by atoms with Gasteiger partial charge in [0.15, 0.2) is 0 Å². The monoisotopic (exact) mass is 292 g/mol. The van der Waals surface area contributed by atoms with Crippen molar-refractivity contribution in [2.75, 3.05) is 13.6 Å². The van der Waals surface area contributed by atoms with Gasteiger partial charge in [-0.05, 0) is 30.2 Å². The van der Waals surface area contributed by atoms with Crippen molar-refractivity contribution in [3.8, 4) is 0 Å². The fourth-order valence-corrected chi connectivity index (χ4v) is 2.19. The molecule has 1 heterocycles. The normalized spacial score (nSPS) is 10.8. The van der Waals surface area contributed by atoms with Gasteiger partial charge in [0, 0.05) is 37.1 Å². The minimum absolute atomic E-state index is 0.0376. The highest BCUT2D eigenvalue weighted by molar-refractivity contribution is 5.88. The number of fused-ring (bicyclic) bond motifs is 1. The van der Waals surface area contributed by atoms with E-state index in [0.29, 0.717) is 18.4 Å². The van der Waals surface area contributed by atoms with E-state index in [4.69, 9.17) is 5.11 Å². The number of carboxylic acids is 1. The molecule has 0 aliphatic carbocycles. The van der Waals surface area contributed by atoms with Gasteiger partial charge in [-0.15, -0.1) is 0 Å².